The summed E-state index contributed by atoms with van der Waals surface area (Å²) in [6, 6.07) is 17.9. The number of aliphatic hydroxyl groups is 1. The summed E-state index contributed by atoms with van der Waals surface area (Å²) >= 11 is 3.59. The third-order valence-electron chi connectivity index (χ3n) is 5.85. The molecular weight excluding hydrogens is 454 g/mol. The summed E-state index contributed by atoms with van der Waals surface area (Å²) in [7, 11) is 0. The van der Waals surface area contributed by atoms with Gasteiger partial charge in [-0.1, -0.05) is 52.3 Å². The quantitative estimate of drug-likeness (QED) is 0.371. The predicted octanol–water partition coefficient (Wildman–Crippen LogP) is 5.75. The van der Waals surface area contributed by atoms with E-state index in [9.17, 15) is 5.11 Å². The van der Waals surface area contributed by atoms with Gasteiger partial charge in [-0.25, -0.2) is 9.83 Å². The van der Waals surface area contributed by atoms with E-state index in [1.54, 1.807) is 11.6 Å². The highest BCUT2D eigenvalue weighted by Crippen LogP contribution is 2.45. The van der Waals surface area contributed by atoms with E-state index >= 15 is 0 Å². The molecule has 0 amide bonds. The number of fused-ring (bicyclic) bond motifs is 1. The average molecular weight is 474 g/mol. The minimum atomic E-state index is -0.698. The second kappa shape index (κ2) is 7.19. The predicted molar refractivity (Wildman–Crippen MR) is 126 cm³/mol. The van der Waals surface area contributed by atoms with Crippen molar-refractivity contribution in [3.8, 4) is 22.5 Å². The third-order valence-corrected chi connectivity index (χ3v) is 6.54. The number of rotatable bonds is 3. The van der Waals surface area contributed by atoms with Gasteiger partial charge in [-0.2, -0.15) is 5.10 Å². The normalized spacial score (nSPS) is 20.4. The lowest BCUT2D eigenvalue weighted by Gasteiger charge is -2.41. The number of hydrogen-bond acceptors (Lipinski definition) is 4. The summed E-state index contributed by atoms with van der Waals surface area (Å²) in [6.45, 7) is 9.44. The van der Waals surface area contributed by atoms with Crippen LogP contribution >= 0.6 is 15.9 Å². The van der Waals surface area contributed by atoms with Crippen LogP contribution in [0.25, 0.3) is 38.3 Å². The number of nitrogens with zero attached hydrogens (tertiary/aromatic N) is 4. The van der Waals surface area contributed by atoms with Crippen LogP contribution in [0.3, 0.4) is 0 Å². The molecule has 0 saturated heterocycles. The van der Waals surface area contributed by atoms with Crippen molar-refractivity contribution in [3.63, 3.8) is 0 Å². The van der Waals surface area contributed by atoms with E-state index < -0.39 is 5.60 Å². The standard InChI is InChI=1S/C24H20BrN5O/c1-24(31)12-16(13-24)30-23(26)22(27-2)21(29-30)15-8-7-14-9-10-19(28-20(14)11-15)17-5-3-4-6-18(17)25/h3-11,16,31H,12-13,26H2,1H3. The van der Waals surface area contributed by atoms with Gasteiger partial charge < -0.3 is 10.8 Å². The van der Waals surface area contributed by atoms with Crippen molar-refractivity contribution >= 4 is 38.3 Å². The molecule has 2 aromatic carbocycles. The number of benzene rings is 2. The summed E-state index contributed by atoms with van der Waals surface area (Å²) in [5.41, 5.74) is 9.96. The van der Waals surface area contributed by atoms with Crippen molar-refractivity contribution in [2.45, 2.75) is 31.4 Å². The second-order valence-electron chi connectivity index (χ2n) is 8.28. The Labute approximate surface area is 188 Å². The van der Waals surface area contributed by atoms with E-state index in [1.807, 2.05) is 54.6 Å². The highest BCUT2D eigenvalue weighted by molar-refractivity contribution is 9.10. The third kappa shape index (κ3) is 3.38. The van der Waals surface area contributed by atoms with Crippen molar-refractivity contribution in [2.24, 2.45) is 0 Å². The molecule has 0 aliphatic heterocycles. The van der Waals surface area contributed by atoms with Crippen molar-refractivity contribution in [1.82, 2.24) is 14.8 Å². The summed E-state index contributed by atoms with van der Waals surface area (Å²) in [5.74, 6) is 0.348. The van der Waals surface area contributed by atoms with Crippen LogP contribution in [-0.2, 0) is 0 Å². The lowest BCUT2D eigenvalue weighted by Crippen LogP contribution is -2.42. The number of nitrogens with two attached hydrogens (primary N) is 1. The SMILES string of the molecule is [C-]#[N+]c1c(-c2ccc3ccc(-c4ccccc4Br)nc3c2)nn(C2CC(C)(O)C2)c1N. The molecule has 2 heterocycles. The molecule has 6 nitrogen and oxygen atoms in total. The Morgan fingerprint density at radius 3 is 2.65 bits per heavy atom. The molecule has 1 aliphatic rings. The van der Waals surface area contributed by atoms with Crippen LogP contribution < -0.4 is 5.73 Å². The zero-order valence-corrected chi connectivity index (χ0v) is 18.5. The molecule has 3 N–H and O–H groups in total. The van der Waals surface area contributed by atoms with Gasteiger partial charge in [0.15, 0.2) is 0 Å². The fraction of sp³-hybridized carbons (Fsp3) is 0.208. The van der Waals surface area contributed by atoms with Gasteiger partial charge >= 0.3 is 0 Å². The topological polar surface area (TPSA) is 81.3 Å². The monoisotopic (exact) mass is 473 g/mol. The smallest absolute Gasteiger partial charge is 0.254 e. The zero-order valence-electron chi connectivity index (χ0n) is 16.9. The van der Waals surface area contributed by atoms with Gasteiger partial charge in [0.1, 0.15) is 11.5 Å². The van der Waals surface area contributed by atoms with Gasteiger partial charge in [-0.15, -0.1) is 0 Å². The van der Waals surface area contributed by atoms with Crippen molar-refractivity contribution in [3.05, 3.63) is 70.5 Å². The maximum Gasteiger partial charge on any atom is 0.254 e. The first kappa shape index (κ1) is 19.7. The van der Waals surface area contributed by atoms with Crippen LogP contribution in [0, 0.1) is 6.57 Å². The van der Waals surface area contributed by atoms with Gasteiger partial charge in [0.25, 0.3) is 5.69 Å². The second-order valence-corrected chi connectivity index (χ2v) is 9.14. The zero-order chi connectivity index (χ0) is 21.8. The summed E-state index contributed by atoms with van der Waals surface area (Å²) in [5, 5.41) is 15.8. The van der Waals surface area contributed by atoms with Crippen molar-refractivity contribution in [2.75, 3.05) is 5.73 Å². The van der Waals surface area contributed by atoms with Gasteiger partial charge in [0.2, 0.25) is 0 Å². The van der Waals surface area contributed by atoms with Gasteiger partial charge in [0, 0.05) is 15.4 Å². The Balaban J connectivity index is 1.59. The average Bonchev–Trinajstić information content (AvgIpc) is 3.07. The molecule has 1 aliphatic carbocycles. The first-order chi connectivity index (χ1) is 14.9. The van der Waals surface area contributed by atoms with E-state index in [1.165, 1.54) is 0 Å². The van der Waals surface area contributed by atoms with Crippen LogP contribution in [0.5, 0.6) is 0 Å². The highest BCUT2D eigenvalue weighted by atomic mass is 79.9. The number of hydrogen-bond donors (Lipinski definition) is 2. The maximum absolute atomic E-state index is 10.1. The Kier molecular flexibility index (Phi) is 4.58. The number of anilines is 1. The van der Waals surface area contributed by atoms with E-state index in [2.05, 4.69) is 25.9 Å². The summed E-state index contributed by atoms with van der Waals surface area (Å²) in [6.07, 6.45) is 1.15. The Morgan fingerprint density at radius 1 is 1.19 bits per heavy atom. The van der Waals surface area contributed by atoms with Crippen LogP contribution in [0.15, 0.2) is 59.1 Å². The first-order valence-electron chi connectivity index (χ1n) is 10.0. The number of halogens is 1. The largest absolute Gasteiger partial charge is 0.393 e. The molecule has 31 heavy (non-hydrogen) atoms. The minimum Gasteiger partial charge on any atom is -0.393 e. The van der Waals surface area contributed by atoms with Crippen LogP contribution in [-0.4, -0.2) is 25.5 Å². The molecule has 0 bridgehead atoms. The van der Waals surface area contributed by atoms with E-state index in [-0.39, 0.29) is 6.04 Å². The van der Waals surface area contributed by atoms with Gasteiger partial charge in [0.05, 0.1) is 29.4 Å². The molecule has 0 spiro atoms. The number of nitrogen functional groups attached to an aromatic ring is 1. The molecule has 7 heteroatoms. The maximum atomic E-state index is 10.1. The van der Waals surface area contributed by atoms with E-state index in [0.29, 0.717) is 30.0 Å². The van der Waals surface area contributed by atoms with Crippen LogP contribution in [0.1, 0.15) is 25.8 Å². The highest BCUT2D eigenvalue weighted by Gasteiger charge is 2.41. The molecule has 1 saturated carbocycles. The first-order valence-corrected chi connectivity index (χ1v) is 10.8. The van der Waals surface area contributed by atoms with Crippen molar-refractivity contribution < 1.29 is 5.11 Å². The molecule has 0 atom stereocenters. The number of aromatic nitrogens is 3. The molecule has 1 fully saturated rings. The number of pyridine rings is 1. The Morgan fingerprint density at radius 2 is 1.94 bits per heavy atom. The lowest BCUT2D eigenvalue weighted by atomic mass is 9.77. The molecular formula is C24H20BrN5O. The van der Waals surface area contributed by atoms with Crippen molar-refractivity contribution in [1.29, 1.82) is 0 Å². The molecule has 5 rings (SSSR count). The minimum absolute atomic E-state index is 0.00450. The molecule has 0 radical (unpaired) electrons. The Bertz CT molecular complexity index is 1360. The van der Waals surface area contributed by atoms with Gasteiger partial charge in [-0.3, -0.25) is 4.68 Å². The van der Waals surface area contributed by atoms with E-state index in [4.69, 9.17) is 17.3 Å². The molecule has 154 valence electrons. The van der Waals surface area contributed by atoms with Crippen LogP contribution in [0.4, 0.5) is 11.5 Å². The van der Waals surface area contributed by atoms with Crippen LogP contribution in [0.2, 0.25) is 0 Å². The Hall–Kier alpha value is -3.21. The van der Waals surface area contributed by atoms with E-state index in [0.717, 1.165) is 32.2 Å². The summed E-state index contributed by atoms with van der Waals surface area (Å²) < 4.78 is 2.67. The fourth-order valence-electron chi connectivity index (χ4n) is 4.23. The molecule has 0 unspecified atom stereocenters. The molecule has 2 aromatic heterocycles. The fourth-order valence-corrected chi connectivity index (χ4v) is 4.72. The lowest BCUT2D eigenvalue weighted by molar-refractivity contribution is -0.0535. The summed E-state index contributed by atoms with van der Waals surface area (Å²) in [4.78, 5) is 8.51. The van der Waals surface area contributed by atoms with Gasteiger partial charge in [-0.05, 0) is 43.5 Å². The molecule has 4 aromatic rings.